The Kier molecular flexibility index (Phi) is 5.46. The number of benzene rings is 4. The second-order valence-corrected chi connectivity index (χ2v) is 10.8. The van der Waals surface area contributed by atoms with Crippen LogP contribution in [0.2, 0.25) is 0 Å². The fourth-order valence-corrected chi connectivity index (χ4v) is 5.76. The highest BCUT2D eigenvalue weighted by Gasteiger charge is 2.47. The minimum Gasteiger partial charge on any atom is -0.489 e. The molecule has 1 heterocycles. The molecule has 1 spiro atoms. The molecule has 0 saturated heterocycles. The topological polar surface area (TPSA) is 27.7 Å². The molecular formula is C34H32O3. The van der Waals surface area contributed by atoms with E-state index in [-0.39, 0.29) is 5.60 Å². The van der Waals surface area contributed by atoms with Crippen molar-refractivity contribution in [3.05, 3.63) is 113 Å². The van der Waals surface area contributed by atoms with Gasteiger partial charge in [-0.25, -0.2) is 0 Å². The van der Waals surface area contributed by atoms with Crippen LogP contribution in [-0.2, 0) is 18.8 Å². The Balaban J connectivity index is 1.26. The van der Waals surface area contributed by atoms with Crippen molar-refractivity contribution in [3.63, 3.8) is 0 Å². The van der Waals surface area contributed by atoms with Gasteiger partial charge in [0.15, 0.2) is 0 Å². The normalized spacial score (nSPS) is 16.8. The lowest BCUT2D eigenvalue weighted by Gasteiger charge is -2.47. The molecule has 0 bridgehead atoms. The molecule has 2 saturated carbocycles. The Morgan fingerprint density at radius 3 is 2.00 bits per heavy atom. The largest absolute Gasteiger partial charge is 0.489 e. The average molecular weight is 489 g/mol. The van der Waals surface area contributed by atoms with Gasteiger partial charge in [0.1, 0.15) is 36.1 Å². The molecule has 3 heteroatoms. The van der Waals surface area contributed by atoms with Gasteiger partial charge in [0.25, 0.3) is 0 Å². The van der Waals surface area contributed by atoms with Crippen molar-refractivity contribution in [1.82, 2.24) is 0 Å². The Bertz CT molecular complexity index is 1430. The lowest BCUT2D eigenvalue weighted by molar-refractivity contribution is -0.0148. The third kappa shape index (κ3) is 4.17. The summed E-state index contributed by atoms with van der Waals surface area (Å²) < 4.78 is 19.6. The summed E-state index contributed by atoms with van der Waals surface area (Å²) in [5.74, 6) is 3.46. The van der Waals surface area contributed by atoms with Gasteiger partial charge < -0.3 is 14.2 Å². The van der Waals surface area contributed by atoms with Gasteiger partial charge in [-0.3, -0.25) is 0 Å². The number of rotatable bonds is 7. The van der Waals surface area contributed by atoms with Gasteiger partial charge in [-0.1, -0.05) is 60.7 Å². The van der Waals surface area contributed by atoms with Gasteiger partial charge in [0.2, 0.25) is 0 Å². The van der Waals surface area contributed by atoms with E-state index in [1.165, 1.54) is 52.6 Å². The zero-order chi connectivity index (χ0) is 24.8. The molecule has 37 heavy (non-hydrogen) atoms. The quantitative estimate of drug-likeness (QED) is 0.261. The molecule has 4 aromatic rings. The number of hydrogen-bond acceptors (Lipinski definition) is 3. The second-order valence-electron chi connectivity index (χ2n) is 10.8. The maximum atomic E-state index is 6.85. The van der Waals surface area contributed by atoms with Crippen molar-refractivity contribution < 1.29 is 14.2 Å². The van der Waals surface area contributed by atoms with Crippen LogP contribution in [0.4, 0.5) is 0 Å². The van der Waals surface area contributed by atoms with E-state index in [2.05, 4.69) is 79.7 Å². The maximum absolute atomic E-state index is 6.85. The molecule has 186 valence electrons. The van der Waals surface area contributed by atoms with Gasteiger partial charge in [-0.2, -0.15) is 0 Å². The lowest BCUT2D eigenvalue weighted by Crippen LogP contribution is -2.42. The molecule has 0 unspecified atom stereocenters. The third-order valence-electron chi connectivity index (χ3n) is 8.17. The third-order valence-corrected chi connectivity index (χ3v) is 8.17. The minimum absolute atomic E-state index is 0.265. The van der Waals surface area contributed by atoms with E-state index in [1.807, 2.05) is 12.1 Å². The number of hydrogen-bond donors (Lipinski definition) is 0. The summed E-state index contributed by atoms with van der Waals surface area (Å²) in [6.45, 7) is 3.30. The van der Waals surface area contributed by atoms with Crippen LogP contribution in [0.1, 0.15) is 65.8 Å². The summed E-state index contributed by atoms with van der Waals surface area (Å²) in [5, 5.41) is 0. The van der Waals surface area contributed by atoms with Crippen LogP contribution in [-0.4, -0.2) is 0 Å². The van der Waals surface area contributed by atoms with Crippen molar-refractivity contribution in [2.75, 3.05) is 0 Å². The fraction of sp³-hybridized carbons (Fsp3) is 0.294. The van der Waals surface area contributed by atoms with E-state index < -0.39 is 0 Å². The SMILES string of the molecule is Cc1cc2c(cc1OCc1ccccc1)C1(CCC1)Oc1cc(OCc3ccccc3)c(C3CC3)cc1-2. The van der Waals surface area contributed by atoms with Gasteiger partial charge in [-0.05, 0) is 91.0 Å². The van der Waals surface area contributed by atoms with Crippen molar-refractivity contribution >= 4 is 0 Å². The molecule has 0 amide bonds. The van der Waals surface area contributed by atoms with Crippen molar-refractivity contribution in [2.45, 2.75) is 63.8 Å². The van der Waals surface area contributed by atoms with E-state index in [9.17, 15) is 0 Å². The Hall–Kier alpha value is -3.72. The molecule has 2 aliphatic carbocycles. The average Bonchev–Trinajstić information content (AvgIpc) is 3.76. The second kappa shape index (κ2) is 8.99. The highest BCUT2D eigenvalue weighted by Crippen LogP contribution is 2.57. The Morgan fingerprint density at radius 1 is 0.757 bits per heavy atom. The van der Waals surface area contributed by atoms with Gasteiger partial charge >= 0.3 is 0 Å². The smallest absolute Gasteiger partial charge is 0.135 e. The van der Waals surface area contributed by atoms with Crippen LogP contribution in [0.25, 0.3) is 11.1 Å². The van der Waals surface area contributed by atoms with Gasteiger partial charge in [-0.15, -0.1) is 0 Å². The van der Waals surface area contributed by atoms with Gasteiger partial charge in [0.05, 0.1) is 0 Å². The Labute approximate surface area is 219 Å². The van der Waals surface area contributed by atoms with Crippen LogP contribution in [0, 0.1) is 6.92 Å². The number of ether oxygens (including phenoxy) is 3. The summed E-state index contributed by atoms with van der Waals surface area (Å²) >= 11 is 0. The highest BCUT2D eigenvalue weighted by atomic mass is 16.5. The van der Waals surface area contributed by atoms with Crippen LogP contribution < -0.4 is 14.2 Å². The lowest BCUT2D eigenvalue weighted by atomic mass is 9.70. The molecule has 0 radical (unpaired) electrons. The van der Waals surface area contributed by atoms with Crippen LogP contribution in [0.15, 0.2) is 84.9 Å². The van der Waals surface area contributed by atoms with E-state index in [0.29, 0.717) is 19.1 Å². The van der Waals surface area contributed by atoms with Crippen LogP contribution in [0.5, 0.6) is 17.2 Å². The zero-order valence-corrected chi connectivity index (χ0v) is 21.3. The van der Waals surface area contributed by atoms with E-state index in [1.54, 1.807) is 0 Å². The molecule has 0 N–H and O–H groups in total. The highest BCUT2D eigenvalue weighted by molar-refractivity contribution is 5.80. The zero-order valence-electron chi connectivity index (χ0n) is 21.3. The monoisotopic (exact) mass is 488 g/mol. The molecule has 0 aromatic heterocycles. The first-order chi connectivity index (χ1) is 18.2. The van der Waals surface area contributed by atoms with Crippen molar-refractivity contribution in [3.8, 4) is 28.4 Å². The maximum Gasteiger partial charge on any atom is 0.135 e. The molecule has 3 aliphatic rings. The standard InChI is InChI=1S/C34H32O3/c1-23-17-28-29-18-27(26-13-14-26)32(36-22-25-11-6-3-7-12-25)20-33(29)37-34(15-8-16-34)30(28)19-31(23)35-21-24-9-4-2-5-10-24/h2-7,9-12,17-20,26H,8,13-16,21-22H2,1H3. The molecule has 3 nitrogen and oxygen atoms in total. The summed E-state index contributed by atoms with van der Waals surface area (Å²) in [6, 6.07) is 29.9. The number of fused-ring (bicyclic) bond motifs is 4. The molecular weight excluding hydrogens is 456 g/mol. The fourth-order valence-electron chi connectivity index (χ4n) is 5.76. The molecule has 4 aromatic carbocycles. The van der Waals surface area contributed by atoms with Crippen LogP contribution >= 0.6 is 0 Å². The summed E-state index contributed by atoms with van der Waals surface area (Å²) in [6.07, 6.45) is 5.70. The van der Waals surface area contributed by atoms with Gasteiger partial charge in [0, 0.05) is 17.2 Å². The first-order valence-electron chi connectivity index (χ1n) is 13.5. The van der Waals surface area contributed by atoms with Crippen molar-refractivity contribution in [1.29, 1.82) is 0 Å². The van der Waals surface area contributed by atoms with Crippen molar-refractivity contribution in [2.24, 2.45) is 0 Å². The summed E-state index contributed by atoms with van der Waals surface area (Å²) in [7, 11) is 0. The Morgan fingerprint density at radius 2 is 1.41 bits per heavy atom. The van der Waals surface area contributed by atoms with Crippen LogP contribution in [0.3, 0.4) is 0 Å². The van der Waals surface area contributed by atoms with E-state index in [4.69, 9.17) is 14.2 Å². The molecule has 1 aliphatic heterocycles. The molecule has 7 rings (SSSR count). The van der Waals surface area contributed by atoms with E-state index >= 15 is 0 Å². The van der Waals surface area contributed by atoms with E-state index in [0.717, 1.165) is 35.7 Å². The summed E-state index contributed by atoms with van der Waals surface area (Å²) in [5.41, 5.74) is 8.34. The number of aryl methyl sites for hydroxylation is 1. The molecule has 0 atom stereocenters. The summed E-state index contributed by atoms with van der Waals surface area (Å²) in [4.78, 5) is 0. The predicted octanol–water partition coefficient (Wildman–Crippen LogP) is 8.47. The first-order valence-corrected chi connectivity index (χ1v) is 13.5. The predicted molar refractivity (Wildman–Crippen MR) is 146 cm³/mol. The minimum atomic E-state index is -0.265. The molecule has 2 fully saturated rings. The first kappa shape index (κ1) is 22.5.